The average Bonchev–Trinajstić information content (AvgIpc) is 2.77. The summed E-state index contributed by atoms with van der Waals surface area (Å²) in [5.74, 6) is 0.595. The Morgan fingerprint density at radius 1 is 1.39 bits per heavy atom. The number of anilines is 1. The van der Waals surface area contributed by atoms with Gasteiger partial charge in [-0.15, -0.1) is 0 Å². The standard InChI is InChI=1S/C18H20ClNO3/c1-10-15-13(21)8-18(2,3)9-14(15)23-16(10)17(22)20-12-7-5-4-6-11(12)19/h4-7,13,21H,8-9H2,1-3H3,(H,20,22)/t13-/m1/s1. The molecule has 0 radical (unpaired) electrons. The van der Waals surface area contributed by atoms with Crippen molar-refractivity contribution < 1.29 is 14.3 Å². The molecule has 0 unspecified atom stereocenters. The molecule has 1 aromatic heterocycles. The quantitative estimate of drug-likeness (QED) is 0.850. The summed E-state index contributed by atoms with van der Waals surface area (Å²) < 4.78 is 5.80. The summed E-state index contributed by atoms with van der Waals surface area (Å²) in [5, 5.41) is 13.6. The summed E-state index contributed by atoms with van der Waals surface area (Å²) in [6.07, 6.45) is 0.769. The Bertz CT molecular complexity index is 764. The molecule has 1 heterocycles. The van der Waals surface area contributed by atoms with E-state index in [0.717, 1.165) is 5.56 Å². The molecular weight excluding hydrogens is 314 g/mol. The lowest BCUT2D eigenvalue weighted by Crippen LogP contribution is -2.24. The van der Waals surface area contributed by atoms with Gasteiger partial charge in [-0.05, 0) is 30.9 Å². The number of nitrogens with one attached hydrogen (secondary N) is 1. The van der Waals surface area contributed by atoms with Crippen LogP contribution in [0, 0.1) is 12.3 Å². The van der Waals surface area contributed by atoms with Crippen LogP contribution < -0.4 is 5.32 Å². The van der Waals surface area contributed by atoms with Gasteiger partial charge in [-0.3, -0.25) is 4.79 Å². The molecular formula is C18H20ClNO3. The number of hydrogen-bond acceptors (Lipinski definition) is 3. The number of carbonyl (C=O) groups is 1. The minimum atomic E-state index is -0.598. The fraction of sp³-hybridized carbons (Fsp3) is 0.389. The summed E-state index contributed by atoms with van der Waals surface area (Å²) in [4.78, 5) is 12.5. The van der Waals surface area contributed by atoms with Gasteiger partial charge in [0.2, 0.25) is 0 Å². The summed E-state index contributed by atoms with van der Waals surface area (Å²) >= 11 is 6.07. The Balaban J connectivity index is 1.93. The van der Waals surface area contributed by atoms with Crippen LogP contribution in [0.1, 0.15) is 53.8 Å². The number of amides is 1. The van der Waals surface area contributed by atoms with Crippen molar-refractivity contribution in [3.05, 3.63) is 51.9 Å². The van der Waals surface area contributed by atoms with E-state index in [4.69, 9.17) is 16.0 Å². The second-order valence-electron chi connectivity index (χ2n) is 6.89. The van der Waals surface area contributed by atoms with E-state index in [1.165, 1.54) is 0 Å². The van der Waals surface area contributed by atoms with Crippen LogP contribution in [0.3, 0.4) is 0 Å². The zero-order valence-corrected chi connectivity index (χ0v) is 14.2. The summed E-state index contributed by atoms with van der Waals surface area (Å²) in [7, 11) is 0. The van der Waals surface area contributed by atoms with E-state index in [1.807, 2.05) is 6.92 Å². The fourth-order valence-corrected chi connectivity index (χ4v) is 3.43. The smallest absolute Gasteiger partial charge is 0.291 e. The van der Waals surface area contributed by atoms with Crippen LogP contribution in [0.5, 0.6) is 0 Å². The van der Waals surface area contributed by atoms with Crippen molar-refractivity contribution in [1.29, 1.82) is 0 Å². The first-order valence-electron chi connectivity index (χ1n) is 7.64. The normalized spacial score (nSPS) is 19.3. The number of benzene rings is 1. The highest BCUT2D eigenvalue weighted by atomic mass is 35.5. The summed E-state index contributed by atoms with van der Waals surface area (Å²) in [6, 6.07) is 7.04. The molecule has 0 bridgehead atoms. The lowest BCUT2D eigenvalue weighted by molar-refractivity contribution is 0.0910. The van der Waals surface area contributed by atoms with E-state index in [2.05, 4.69) is 19.2 Å². The highest BCUT2D eigenvalue weighted by Crippen LogP contribution is 2.44. The van der Waals surface area contributed by atoms with Gasteiger partial charge in [0.1, 0.15) is 5.76 Å². The molecule has 23 heavy (non-hydrogen) atoms. The molecule has 5 heteroatoms. The van der Waals surface area contributed by atoms with Crippen LogP contribution in [0.4, 0.5) is 5.69 Å². The van der Waals surface area contributed by atoms with Gasteiger partial charge >= 0.3 is 0 Å². The maximum absolute atomic E-state index is 12.5. The van der Waals surface area contributed by atoms with Crippen LogP contribution in [0.15, 0.2) is 28.7 Å². The highest BCUT2D eigenvalue weighted by molar-refractivity contribution is 6.33. The van der Waals surface area contributed by atoms with Crippen LogP contribution >= 0.6 is 11.6 Å². The third-order valence-corrected chi connectivity index (χ3v) is 4.65. The van der Waals surface area contributed by atoms with Gasteiger partial charge in [0, 0.05) is 17.5 Å². The minimum Gasteiger partial charge on any atom is -0.455 e. The van der Waals surface area contributed by atoms with E-state index < -0.39 is 6.10 Å². The molecule has 2 aromatic rings. The lowest BCUT2D eigenvalue weighted by Gasteiger charge is -2.31. The van der Waals surface area contributed by atoms with Gasteiger partial charge in [0.25, 0.3) is 5.91 Å². The molecule has 4 nitrogen and oxygen atoms in total. The van der Waals surface area contributed by atoms with Crippen molar-refractivity contribution in [2.24, 2.45) is 5.41 Å². The number of furan rings is 1. The third kappa shape index (κ3) is 3.01. The molecule has 0 saturated carbocycles. The molecule has 3 rings (SSSR count). The van der Waals surface area contributed by atoms with Gasteiger partial charge in [-0.25, -0.2) is 0 Å². The van der Waals surface area contributed by atoms with Crippen molar-refractivity contribution in [2.75, 3.05) is 5.32 Å². The molecule has 1 aliphatic rings. The van der Waals surface area contributed by atoms with Gasteiger partial charge in [-0.1, -0.05) is 37.6 Å². The van der Waals surface area contributed by atoms with Crippen LogP contribution in [0.25, 0.3) is 0 Å². The molecule has 1 aromatic carbocycles. The van der Waals surface area contributed by atoms with Crippen molar-refractivity contribution in [3.63, 3.8) is 0 Å². The predicted molar refractivity (Wildman–Crippen MR) is 89.9 cm³/mol. The first-order chi connectivity index (χ1) is 10.8. The van der Waals surface area contributed by atoms with Crippen molar-refractivity contribution >= 4 is 23.2 Å². The van der Waals surface area contributed by atoms with E-state index >= 15 is 0 Å². The van der Waals surface area contributed by atoms with Crippen LogP contribution in [-0.2, 0) is 6.42 Å². The second kappa shape index (κ2) is 5.69. The second-order valence-corrected chi connectivity index (χ2v) is 7.30. The number of carbonyl (C=O) groups excluding carboxylic acids is 1. The maximum Gasteiger partial charge on any atom is 0.291 e. The number of aliphatic hydroxyl groups is 1. The summed E-state index contributed by atoms with van der Waals surface area (Å²) in [5.41, 5.74) is 1.95. The molecule has 0 fully saturated rings. The maximum atomic E-state index is 12.5. The van der Waals surface area contributed by atoms with Gasteiger partial charge in [-0.2, -0.15) is 0 Å². The Morgan fingerprint density at radius 3 is 2.78 bits per heavy atom. The number of rotatable bonds is 2. The molecule has 0 aliphatic heterocycles. The molecule has 1 atom stereocenters. The molecule has 0 spiro atoms. The molecule has 0 saturated heterocycles. The first kappa shape index (κ1) is 16.1. The van der Waals surface area contributed by atoms with E-state index in [9.17, 15) is 9.90 Å². The van der Waals surface area contributed by atoms with E-state index in [-0.39, 0.29) is 17.1 Å². The lowest BCUT2D eigenvalue weighted by atomic mass is 9.75. The van der Waals surface area contributed by atoms with Gasteiger partial charge < -0.3 is 14.8 Å². The average molecular weight is 334 g/mol. The first-order valence-corrected chi connectivity index (χ1v) is 8.02. The van der Waals surface area contributed by atoms with Crippen molar-refractivity contribution in [3.8, 4) is 0 Å². The summed E-state index contributed by atoms with van der Waals surface area (Å²) in [6.45, 7) is 5.98. The monoisotopic (exact) mass is 333 g/mol. The zero-order chi connectivity index (χ0) is 16.8. The zero-order valence-electron chi connectivity index (χ0n) is 13.4. The van der Waals surface area contributed by atoms with Gasteiger partial charge in [0.15, 0.2) is 5.76 Å². The van der Waals surface area contributed by atoms with Crippen LogP contribution in [0.2, 0.25) is 5.02 Å². The van der Waals surface area contributed by atoms with Gasteiger partial charge in [0.05, 0.1) is 16.8 Å². The topological polar surface area (TPSA) is 62.5 Å². The molecule has 122 valence electrons. The Labute approximate surface area is 140 Å². The number of hydrogen-bond donors (Lipinski definition) is 2. The number of aliphatic hydroxyl groups excluding tert-OH is 1. The third-order valence-electron chi connectivity index (χ3n) is 4.32. The number of halogens is 1. The molecule has 1 aliphatic carbocycles. The van der Waals surface area contributed by atoms with E-state index in [0.29, 0.717) is 34.9 Å². The highest BCUT2D eigenvalue weighted by Gasteiger charge is 2.37. The number of fused-ring (bicyclic) bond motifs is 1. The minimum absolute atomic E-state index is 0.0484. The molecule has 2 N–H and O–H groups in total. The Kier molecular flexibility index (Phi) is 3.98. The Hall–Kier alpha value is -1.78. The predicted octanol–water partition coefficient (Wildman–Crippen LogP) is 4.50. The van der Waals surface area contributed by atoms with Crippen LogP contribution in [-0.4, -0.2) is 11.0 Å². The van der Waals surface area contributed by atoms with Crippen molar-refractivity contribution in [1.82, 2.24) is 0 Å². The van der Waals surface area contributed by atoms with E-state index in [1.54, 1.807) is 24.3 Å². The SMILES string of the molecule is Cc1c(C(=O)Nc2ccccc2Cl)oc2c1[C@H](O)CC(C)(C)C2. The number of para-hydroxylation sites is 1. The largest absolute Gasteiger partial charge is 0.455 e. The fourth-order valence-electron chi connectivity index (χ4n) is 3.24. The molecule has 1 amide bonds. The Morgan fingerprint density at radius 2 is 2.09 bits per heavy atom. The van der Waals surface area contributed by atoms with Crippen molar-refractivity contribution in [2.45, 2.75) is 39.7 Å².